The molecule has 4 unspecified atom stereocenters. The summed E-state index contributed by atoms with van der Waals surface area (Å²) in [6.07, 6.45) is 3.93. The Labute approximate surface area is 80.7 Å². The van der Waals surface area contributed by atoms with E-state index in [4.69, 9.17) is 0 Å². The Morgan fingerprint density at radius 3 is 2.00 bits per heavy atom. The van der Waals surface area contributed by atoms with Crippen molar-refractivity contribution in [3.8, 4) is 0 Å². The summed E-state index contributed by atoms with van der Waals surface area (Å²) in [5.41, 5.74) is 0. The van der Waals surface area contributed by atoms with E-state index in [1.54, 1.807) is 0 Å². The van der Waals surface area contributed by atoms with E-state index < -0.39 is 0 Å². The van der Waals surface area contributed by atoms with Crippen molar-refractivity contribution in [1.29, 1.82) is 0 Å². The van der Waals surface area contributed by atoms with Crippen LogP contribution in [0, 0.1) is 11.8 Å². The second-order valence-corrected chi connectivity index (χ2v) is 5.85. The molecule has 0 aliphatic carbocycles. The van der Waals surface area contributed by atoms with Crippen molar-refractivity contribution in [2.75, 3.05) is 0 Å². The molecule has 0 bridgehead atoms. The molecule has 0 aliphatic rings. The van der Waals surface area contributed by atoms with Crippen molar-refractivity contribution in [2.45, 2.75) is 59.0 Å². The summed E-state index contributed by atoms with van der Waals surface area (Å²) in [6, 6.07) is 0. The van der Waals surface area contributed by atoms with Crippen molar-refractivity contribution in [3.63, 3.8) is 0 Å². The first-order valence-electron chi connectivity index (χ1n) is 5.22. The van der Waals surface area contributed by atoms with Gasteiger partial charge < -0.3 is 0 Å². The topological polar surface area (TPSA) is 0 Å². The fourth-order valence-corrected chi connectivity index (χ4v) is 2.20. The maximum absolute atomic E-state index is 3.05. The summed E-state index contributed by atoms with van der Waals surface area (Å²) >= 11 is 0. The SMILES string of the molecule is CCC(C)CC(C)(P)C(C)CC. The van der Waals surface area contributed by atoms with Crippen LogP contribution in [-0.4, -0.2) is 5.16 Å². The Hall–Kier alpha value is 0.430. The molecule has 0 nitrogen and oxygen atoms in total. The van der Waals surface area contributed by atoms with Gasteiger partial charge in [0.15, 0.2) is 0 Å². The molecule has 12 heavy (non-hydrogen) atoms. The van der Waals surface area contributed by atoms with Crippen LogP contribution in [0.1, 0.15) is 53.9 Å². The highest BCUT2D eigenvalue weighted by molar-refractivity contribution is 7.18. The second-order valence-electron chi connectivity index (χ2n) is 4.53. The summed E-state index contributed by atoms with van der Waals surface area (Å²) in [5, 5.41) is 0.449. The van der Waals surface area contributed by atoms with Crippen molar-refractivity contribution < 1.29 is 0 Å². The van der Waals surface area contributed by atoms with E-state index >= 15 is 0 Å². The summed E-state index contributed by atoms with van der Waals surface area (Å²) in [6.45, 7) is 11.6. The molecule has 0 saturated heterocycles. The van der Waals surface area contributed by atoms with Crippen LogP contribution in [-0.2, 0) is 0 Å². The summed E-state index contributed by atoms with van der Waals surface area (Å²) < 4.78 is 0. The molecule has 0 fully saturated rings. The number of hydrogen-bond acceptors (Lipinski definition) is 0. The molecule has 0 rings (SSSR count). The van der Waals surface area contributed by atoms with Crippen LogP contribution in [0.2, 0.25) is 0 Å². The van der Waals surface area contributed by atoms with E-state index in [0.717, 1.165) is 11.8 Å². The lowest BCUT2D eigenvalue weighted by Gasteiger charge is -2.33. The third kappa shape index (κ3) is 3.90. The first kappa shape index (κ1) is 12.4. The Kier molecular flexibility index (Phi) is 5.41. The van der Waals surface area contributed by atoms with E-state index in [9.17, 15) is 0 Å². The molecule has 0 heterocycles. The Bertz CT molecular complexity index is 118. The van der Waals surface area contributed by atoms with Crippen LogP contribution < -0.4 is 0 Å². The predicted molar refractivity (Wildman–Crippen MR) is 61.6 cm³/mol. The van der Waals surface area contributed by atoms with Gasteiger partial charge in [0.05, 0.1) is 0 Å². The zero-order valence-electron chi connectivity index (χ0n) is 9.35. The van der Waals surface area contributed by atoms with Crippen LogP contribution in [0.4, 0.5) is 0 Å². The number of hydrogen-bond donors (Lipinski definition) is 0. The van der Waals surface area contributed by atoms with E-state index in [0.29, 0.717) is 5.16 Å². The fourth-order valence-electron chi connectivity index (χ4n) is 1.56. The minimum Gasteiger partial charge on any atom is -0.131 e. The van der Waals surface area contributed by atoms with Gasteiger partial charge in [-0.25, -0.2) is 0 Å². The summed E-state index contributed by atoms with van der Waals surface area (Å²) in [7, 11) is 3.05. The van der Waals surface area contributed by atoms with Crippen molar-refractivity contribution >= 4 is 9.24 Å². The molecule has 0 radical (unpaired) electrons. The van der Waals surface area contributed by atoms with Crippen LogP contribution in [0.3, 0.4) is 0 Å². The molecule has 0 aromatic heterocycles. The van der Waals surface area contributed by atoms with Crippen molar-refractivity contribution in [2.24, 2.45) is 11.8 Å². The summed E-state index contributed by atoms with van der Waals surface area (Å²) in [4.78, 5) is 0. The van der Waals surface area contributed by atoms with Gasteiger partial charge in [-0.15, -0.1) is 9.24 Å². The van der Waals surface area contributed by atoms with Crippen LogP contribution in [0.25, 0.3) is 0 Å². The maximum Gasteiger partial charge on any atom is -0.0150 e. The lowest BCUT2D eigenvalue weighted by molar-refractivity contribution is 0.338. The minimum absolute atomic E-state index is 0.449. The Morgan fingerprint density at radius 2 is 1.67 bits per heavy atom. The molecule has 0 aromatic carbocycles. The molecule has 1 heteroatoms. The molecular weight excluding hydrogens is 163 g/mol. The molecule has 0 aromatic rings. The maximum atomic E-state index is 3.05. The molecule has 4 atom stereocenters. The van der Waals surface area contributed by atoms with Gasteiger partial charge in [0.2, 0.25) is 0 Å². The lowest BCUT2D eigenvalue weighted by Crippen LogP contribution is -2.27. The highest BCUT2D eigenvalue weighted by atomic mass is 31.0. The second kappa shape index (κ2) is 5.22. The Balaban J connectivity index is 4.02. The van der Waals surface area contributed by atoms with Gasteiger partial charge in [0, 0.05) is 0 Å². The lowest BCUT2D eigenvalue weighted by atomic mass is 9.84. The van der Waals surface area contributed by atoms with Gasteiger partial charge in [-0.05, 0) is 23.4 Å². The molecule has 0 aliphatic heterocycles. The first-order chi connectivity index (χ1) is 5.44. The normalized spacial score (nSPS) is 21.5. The molecule has 0 saturated carbocycles. The standard InChI is InChI=1S/C11H25P/c1-6-9(3)8-11(5,12)10(4)7-2/h9-10H,6-8,12H2,1-5H3. The average molecular weight is 188 g/mol. The van der Waals surface area contributed by atoms with Crippen molar-refractivity contribution in [1.82, 2.24) is 0 Å². The van der Waals surface area contributed by atoms with Crippen LogP contribution in [0.5, 0.6) is 0 Å². The fraction of sp³-hybridized carbons (Fsp3) is 1.00. The summed E-state index contributed by atoms with van der Waals surface area (Å²) in [5.74, 6) is 1.68. The molecule has 0 spiro atoms. The van der Waals surface area contributed by atoms with Crippen LogP contribution in [0.15, 0.2) is 0 Å². The van der Waals surface area contributed by atoms with Gasteiger partial charge >= 0.3 is 0 Å². The molecule has 0 N–H and O–H groups in total. The smallest absolute Gasteiger partial charge is 0.0150 e. The van der Waals surface area contributed by atoms with Crippen LogP contribution >= 0.6 is 9.24 Å². The molecule has 0 amide bonds. The zero-order chi connectivity index (χ0) is 9.78. The van der Waals surface area contributed by atoms with Gasteiger partial charge in [0.25, 0.3) is 0 Å². The third-order valence-corrected chi connectivity index (χ3v) is 4.03. The average Bonchev–Trinajstić information content (AvgIpc) is 2.02. The highest BCUT2D eigenvalue weighted by Gasteiger charge is 2.25. The number of rotatable bonds is 5. The van der Waals surface area contributed by atoms with Gasteiger partial charge in [-0.3, -0.25) is 0 Å². The van der Waals surface area contributed by atoms with Gasteiger partial charge in [-0.1, -0.05) is 47.5 Å². The van der Waals surface area contributed by atoms with E-state index in [2.05, 4.69) is 43.9 Å². The quantitative estimate of drug-likeness (QED) is 0.570. The van der Waals surface area contributed by atoms with E-state index in [-0.39, 0.29) is 0 Å². The largest absolute Gasteiger partial charge is 0.131 e. The predicted octanol–water partition coefficient (Wildman–Crippen LogP) is 4.10. The first-order valence-corrected chi connectivity index (χ1v) is 5.80. The highest BCUT2D eigenvalue weighted by Crippen LogP contribution is 2.36. The molecule has 74 valence electrons. The minimum atomic E-state index is 0.449. The van der Waals surface area contributed by atoms with E-state index in [1.165, 1.54) is 19.3 Å². The molecular formula is C11H25P. The Morgan fingerprint density at radius 1 is 1.17 bits per heavy atom. The van der Waals surface area contributed by atoms with Gasteiger partial charge in [0.1, 0.15) is 0 Å². The van der Waals surface area contributed by atoms with Gasteiger partial charge in [-0.2, -0.15) is 0 Å². The van der Waals surface area contributed by atoms with Crippen molar-refractivity contribution in [3.05, 3.63) is 0 Å². The monoisotopic (exact) mass is 188 g/mol. The third-order valence-electron chi connectivity index (χ3n) is 3.22. The van der Waals surface area contributed by atoms with E-state index in [1.807, 2.05) is 0 Å². The zero-order valence-corrected chi connectivity index (χ0v) is 10.5.